The minimum Gasteiger partial charge on any atom is -0.478 e. The van der Waals surface area contributed by atoms with E-state index in [-0.39, 0.29) is 23.5 Å². The van der Waals surface area contributed by atoms with E-state index in [2.05, 4.69) is 32.0 Å². The summed E-state index contributed by atoms with van der Waals surface area (Å²) in [6.45, 7) is 4.27. The zero-order chi connectivity index (χ0) is 19.3. The molecule has 0 radical (unpaired) electrons. The normalized spacial score (nSPS) is 11.0. The van der Waals surface area contributed by atoms with Crippen molar-refractivity contribution in [3.05, 3.63) is 95.6 Å². The Kier molecular flexibility index (Phi) is 5.46. The Labute approximate surface area is 159 Å². The number of para-hydroxylation sites is 1. The summed E-state index contributed by atoms with van der Waals surface area (Å²) >= 11 is 0. The zero-order valence-corrected chi connectivity index (χ0v) is 15.4. The fourth-order valence-corrected chi connectivity index (χ4v) is 2.93. The smallest absolute Gasteiger partial charge is 0.339 e. The highest BCUT2D eigenvalue weighted by Crippen LogP contribution is 2.33. The van der Waals surface area contributed by atoms with Crippen LogP contribution in [0.3, 0.4) is 0 Å². The van der Waals surface area contributed by atoms with Gasteiger partial charge in [0.05, 0.1) is 0 Å². The van der Waals surface area contributed by atoms with Crippen molar-refractivity contribution in [1.82, 2.24) is 0 Å². The van der Waals surface area contributed by atoms with Crippen molar-refractivity contribution in [2.24, 2.45) is 0 Å². The van der Waals surface area contributed by atoms with Gasteiger partial charge in [0.1, 0.15) is 17.1 Å². The average molecular weight is 362 g/mol. The maximum absolute atomic E-state index is 11.2. The maximum atomic E-state index is 11.2. The molecule has 1 N–H and O–H groups in total. The van der Waals surface area contributed by atoms with E-state index in [1.165, 1.54) is 11.6 Å². The first-order valence-electron chi connectivity index (χ1n) is 8.72. The maximum Gasteiger partial charge on any atom is 0.339 e. The van der Waals surface area contributed by atoms with Crippen LogP contribution in [0.25, 0.3) is 0 Å². The van der Waals surface area contributed by atoms with Gasteiger partial charge < -0.3 is 14.6 Å². The Balaban J connectivity index is 1.71. The minimum absolute atomic E-state index is 0.0699. The average Bonchev–Trinajstić information content (AvgIpc) is 2.69. The van der Waals surface area contributed by atoms with Gasteiger partial charge in [-0.1, -0.05) is 68.4 Å². The van der Waals surface area contributed by atoms with Crippen LogP contribution in [-0.2, 0) is 5.41 Å². The second kappa shape index (κ2) is 7.96. The van der Waals surface area contributed by atoms with Crippen LogP contribution in [0, 0.1) is 0 Å². The SMILES string of the molecule is CC(C)(c1ccccc1)c1cccc(OCOc2ccccc2C(=O)O)c1. The third kappa shape index (κ3) is 4.29. The Morgan fingerprint density at radius 3 is 2.26 bits per heavy atom. The van der Waals surface area contributed by atoms with Crippen LogP contribution < -0.4 is 9.47 Å². The summed E-state index contributed by atoms with van der Waals surface area (Å²) in [4.78, 5) is 11.2. The molecule has 0 unspecified atom stereocenters. The summed E-state index contributed by atoms with van der Waals surface area (Å²) in [6, 6.07) is 24.7. The number of carbonyl (C=O) groups is 1. The number of hydrogen-bond donors (Lipinski definition) is 1. The molecule has 3 aromatic carbocycles. The van der Waals surface area contributed by atoms with Gasteiger partial charge in [-0.15, -0.1) is 0 Å². The van der Waals surface area contributed by atoms with Gasteiger partial charge in [-0.25, -0.2) is 4.79 Å². The number of hydrogen-bond acceptors (Lipinski definition) is 3. The second-order valence-electron chi connectivity index (χ2n) is 6.73. The van der Waals surface area contributed by atoms with E-state index in [4.69, 9.17) is 9.47 Å². The Morgan fingerprint density at radius 1 is 0.852 bits per heavy atom. The predicted octanol–water partition coefficient (Wildman–Crippen LogP) is 5.13. The lowest BCUT2D eigenvalue weighted by atomic mass is 9.78. The molecule has 0 saturated carbocycles. The van der Waals surface area contributed by atoms with Gasteiger partial charge >= 0.3 is 5.97 Å². The third-order valence-electron chi connectivity index (χ3n) is 4.61. The minimum atomic E-state index is -1.03. The first-order chi connectivity index (χ1) is 13.0. The lowest BCUT2D eigenvalue weighted by molar-refractivity contribution is 0.0682. The van der Waals surface area contributed by atoms with Crippen molar-refractivity contribution >= 4 is 5.97 Å². The van der Waals surface area contributed by atoms with Gasteiger partial charge in [-0.05, 0) is 35.4 Å². The van der Waals surface area contributed by atoms with Crippen LogP contribution in [0.1, 0.15) is 35.3 Å². The molecule has 138 valence electrons. The molecule has 0 amide bonds. The fraction of sp³-hybridized carbons (Fsp3) is 0.174. The molecule has 0 fully saturated rings. The van der Waals surface area contributed by atoms with E-state index < -0.39 is 5.97 Å². The topological polar surface area (TPSA) is 55.8 Å². The summed E-state index contributed by atoms with van der Waals surface area (Å²) < 4.78 is 11.2. The van der Waals surface area contributed by atoms with Crippen molar-refractivity contribution in [2.45, 2.75) is 19.3 Å². The van der Waals surface area contributed by atoms with Crippen molar-refractivity contribution in [3.63, 3.8) is 0 Å². The number of carboxylic acid groups (broad SMARTS) is 1. The molecule has 0 heterocycles. The first kappa shape index (κ1) is 18.5. The van der Waals surface area contributed by atoms with Crippen LogP contribution in [-0.4, -0.2) is 17.9 Å². The number of aromatic carboxylic acids is 1. The van der Waals surface area contributed by atoms with Crippen molar-refractivity contribution in [3.8, 4) is 11.5 Å². The molecule has 4 heteroatoms. The van der Waals surface area contributed by atoms with E-state index >= 15 is 0 Å². The number of benzene rings is 3. The molecule has 0 aliphatic carbocycles. The number of rotatable bonds is 7. The Bertz CT molecular complexity index is 916. The van der Waals surface area contributed by atoms with Gasteiger partial charge in [-0.3, -0.25) is 0 Å². The van der Waals surface area contributed by atoms with Gasteiger partial charge in [0.2, 0.25) is 6.79 Å². The standard InChI is InChI=1S/C23H22O4/c1-23(2,17-9-4-3-5-10-17)18-11-8-12-19(15-18)26-16-27-21-14-7-6-13-20(21)22(24)25/h3-15H,16H2,1-2H3,(H,24,25). The zero-order valence-electron chi connectivity index (χ0n) is 15.4. The van der Waals surface area contributed by atoms with E-state index in [1.54, 1.807) is 18.2 Å². The van der Waals surface area contributed by atoms with Crippen LogP contribution in [0.4, 0.5) is 0 Å². The van der Waals surface area contributed by atoms with Crippen LogP contribution in [0.2, 0.25) is 0 Å². The van der Waals surface area contributed by atoms with Crippen molar-refractivity contribution in [1.29, 1.82) is 0 Å². The van der Waals surface area contributed by atoms with Gasteiger partial charge in [0.15, 0.2) is 0 Å². The van der Waals surface area contributed by atoms with E-state index in [1.807, 2.05) is 36.4 Å². The van der Waals surface area contributed by atoms with Gasteiger partial charge in [-0.2, -0.15) is 0 Å². The van der Waals surface area contributed by atoms with Crippen molar-refractivity contribution < 1.29 is 19.4 Å². The lowest BCUT2D eigenvalue weighted by Crippen LogP contribution is -2.19. The molecule has 4 nitrogen and oxygen atoms in total. The summed E-state index contributed by atoms with van der Waals surface area (Å²) in [7, 11) is 0. The quantitative estimate of drug-likeness (QED) is 0.592. The second-order valence-corrected chi connectivity index (χ2v) is 6.73. The molecular weight excluding hydrogens is 340 g/mol. The van der Waals surface area contributed by atoms with E-state index in [0.717, 1.165) is 5.56 Å². The number of ether oxygens (including phenoxy) is 2. The van der Waals surface area contributed by atoms with Crippen LogP contribution in [0.5, 0.6) is 11.5 Å². The summed E-state index contributed by atoms with van der Waals surface area (Å²) in [5.41, 5.74) is 2.28. The molecule has 3 rings (SSSR count). The van der Waals surface area contributed by atoms with Crippen molar-refractivity contribution in [2.75, 3.05) is 6.79 Å². The van der Waals surface area contributed by atoms with Crippen LogP contribution >= 0.6 is 0 Å². The molecular formula is C23H22O4. The van der Waals surface area contributed by atoms with Gasteiger partial charge in [0.25, 0.3) is 0 Å². The summed E-state index contributed by atoms with van der Waals surface area (Å²) in [5.74, 6) is -0.0766. The molecule has 27 heavy (non-hydrogen) atoms. The molecule has 0 bridgehead atoms. The Hall–Kier alpha value is -3.27. The third-order valence-corrected chi connectivity index (χ3v) is 4.61. The Morgan fingerprint density at radius 2 is 1.52 bits per heavy atom. The highest BCUT2D eigenvalue weighted by atomic mass is 16.7. The summed E-state index contributed by atoms with van der Waals surface area (Å²) in [6.07, 6.45) is 0. The first-order valence-corrected chi connectivity index (χ1v) is 8.72. The molecule has 0 saturated heterocycles. The lowest BCUT2D eigenvalue weighted by Gasteiger charge is -2.26. The molecule has 0 aliphatic rings. The monoisotopic (exact) mass is 362 g/mol. The van der Waals surface area contributed by atoms with Gasteiger partial charge in [0, 0.05) is 5.41 Å². The molecule has 0 aliphatic heterocycles. The number of carboxylic acids is 1. The largest absolute Gasteiger partial charge is 0.478 e. The molecule has 3 aromatic rings. The summed E-state index contributed by atoms with van der Waals surface area (Å²) in [5, 5.41) is 9.20. The van der Waals surface area contributed by atoms with E-state index in [0.29, 0.717) is 5.75 Å². The highest BCUT2D eigenvalue weighted by Gasteiger charge is 2.23. The van der Waals surface area contributed by atoms with E-state index in [9.17, 15) is 9.90 Å². The molecule has 0 spiro atoms. The molecule has 0 atom stereocenters. The molecule has 0 aromatic heterocycles. The predicted molar refractivity (Wildman–Crippen MR) is 105 cm³/mol. The van der Waals surface area contributed by atoms with Crippen LogP contribution in [0.15, 0.2) is 78.9 Å². The highest BCUT2D eigenvalue weighted by molar-refractivity contribution is 5.90. The fourth-order valence-electron chi connectivity index (χ4n) is 2.93.